The normalized spacial score (nSPS) is 10.5. The summed E-state index contributed by atoms with van der Waals surface area (Å²) in [5, 5.41) is 11.1. The molecule has 0 aliphatic carbocycles. The zero-order valence-corrected chi connectivity index (χ0v) is 15.4. The smallest absolute Gasteiger partial charge is 0.307 e. The van der Waals surface area contributed by atoms with Crippen molar-refractivity contribution in [2.75, 3.05) is 13.2 Å². The van der Waals surface area contributed by atoms with E-state index < -0.39 is 11.1 Å². The third-order valence-electron chi connectivity index (χ3n) is 3.76. The van der Waals surface area contributed by atoms with Gasteiger partial charge in [0.1, 0.15) is 18.1 Å². The molecular formula is C19H17N3O5S. The molecule has 0 atom stereocenters. The van der Waals surface area contributed by atoms with Crippen LogP contribution in [0.25, 0.3) is 10.9 Å². The van der Waals surface area contributed by atoms with Crippen molar-refractivity contribution in [3.05, 3.63) is 70.5 Å². The van der Waals surface area contributed by atoms with Crippen LogP contribution in [0, 0.1) is 0 Å². The van der Waals surface area contributed by atoms with Gasteiger partial charge in [-0.3, -0.25) is 19.6 Å². The van der Waals surface area contributed by atoms with Crippen molar-refractivity contribution in [1.29, 1.82) is 0 Å². The monoisotopic (exact) mass is 399 g/mol. The van der Waals surface area contributed by atoms with Crippen molar-refractivity contribution in [3.63, 3.8) is 0 Å². The molecule has 3 aromatic rings. The van der Waals surface area contributed by atoms with Gasteiger partial charge in [-0.15, -0.1) is 0 Å². The van der Waals surface area contributed by atoms with E-state index in [1.54, 1.807) is 48.5 Å². The lowest BCUT2D eigenvalue weighted by Gasteiger charge is -2.09. The van der Waals surface area contributed by atoms with Crippen molar-refractivity contribution in [2.24, 2.45) is 0 Å². The molecule has 8 nitrogen and oxygen atoms in total. The van der Waals surface area contributed by atoms with Gasteiger partial charge in [-0.25, -0.2) is 5.48 Å². The highest BCUT2D eigenvalue weighted by Crippen LogP contribution is 2.21. The maximum Gasteiger partial charge on any atom is 0.307 e. The molecule has 0 saturated heterocycles. The van der Waals surface area contributed by atoms with Crippen molar-refractivity contribution in [1.82, 2.24) is 15.8 Å². The Morgan fingerprint density at radius 2 is 1.86 bits per heavy atom. The van der Waals surface area contributed by atoms with Crippen LogP contribution in [0.5, 0.6) is 5.75 Å². The van der Waals surface area contributed by atoms with Gasteiger partial charge >= 0.3 is 5.24 Å². The fourth-order valence-corrected chi connectivity index (χ4v) is 3.01. The van der Waals surface area contributed by atoms with Crippen LogP contribution in [0.2, 0.25) is 0 Å². The highest BCUT2D eigenvalue weighted by Gasteiger charge is 2.09. The minimum absolute atomic E-state index is 0.187. The number of aromatic amines is 1. The summed E-state index contributed by atoms with van der Waals surface area (Å²) in [6.45, 7) is 0.476. The van der Waals surface area contributed by atoms with Crippen LogP contribution in [0.4, 0.5) is 4.79 Å². The highest BCUT2D eigenvalue weighted by molar-refractivity contribution is 8.13. The Labute approximate surface area is 163 Å². The van der Waals surface area contributed by atoms with Crippen LogP contribution in [0.1, 0.15) is 10.5 Å². The van der Waals surface area contributed by atoms with Gasteiger partial charge in [-0.05, 0) is 48.2 Å². The summed E-state index contributed by atoms with van der Waals surface area (Å²) < 4.78 is 5.53. The number of rotatable bonds is 6. The molecule has 0 radical (unpaired) electrons. The number of hydrogen-bond acceptors (Lipinski definition) is 6. The predicted molar refractivity (Wildman–Crippen MR) is 105 cm³/mol. The molecule has 0 saturated carbocycles. The minimum atomic E-state index is -0.580. The number of thioether (sulfide) groups is 1. The number of ether oxygens (including phenoxy) is 1. The second-order valence-electron chi connectivity index (χ2n) is 5.67. The summed E-state index contributed by atoms with van der Waals surface area (Å²) in [7, 11) is 0. The molecule has 2 aromatic carbocycles. The Morgan fingerprint density at radius 1 is 1.11 bits per heavy atom. The van der Waals surface area contributed by atoms with Crippen LogP contribution in [-0.4, -0.2) is 34.5 Å². The van der Waals surface area contributed by atoms with Crippen LogP contribution in [-0.2, 0) is 0 Å². The van der Waals surface area contributed by atoms with E-state index in [1.807, 2.05) is 0 Å². The molecule has 9 heteroatoms. The second-order valence-corrected chi connectivity index (χ2v) is 6.72. The first-order chi connectivity index (χ1) is 13.6. The molecule has 1 heterocycles. The molecule has 0 bridgehead atoms. The molecule has 4 N–H and O–H groups in total. The van der Waals surface area contributed by atoms with E-state index in [1.165, 1.54) is 11.5 Å². The minimum Gasteiger partial charge on any atom is -0.492 e. The van der Waals surface area contributed by atoms with E-state index in [4.69, 9.17) is 9.94 Å². The number of carbonyl (C=O) groups is 2. The van der Waals surface area contributed by atoms with E-state index in [-0.39, 0.29) is 24.3 Å². The summed E-state index contributed by atoms with van der Waals surface area (Å²) in [5.74, 6) is 0.176. The van der Waals surface area contributed by atoms with Gasteiger partial charge in [0.2, 0.25) is 0 Å². The Morgan fingerprint density at radius 3 is 2.61 bits per heavy atom. The standard InChI is InChI=1S/C19H17N3O5S/c23-17-11-16(21-15-4-2-1-3-14(15)17)18(24)20-9-10-27-12-5-7-13(8-6-12)28-19(25)22-26/h1-8,11,26H,9-10H2,(H,20,24)(H,21,23)(H,22,25). The number of para-hydroxylation sites is 1. The third kappa shape index (κ3) is 4.90. The van der Waals surface area contributed by atoms with E-state index in [0.29, 0.717) is 21.5 Å². The van der Waals surface area contributed by atoms with Gasteiger partial charge in [0.15, 0.2) is 5.43 Å². The summed E-state index contributed by atoms with van der Waals surface area (Å²) in [6, 6.07) is 15.0. The number of fused-ring (bicyclic) bond motifs is 1. The highest BCUT2D eigenvalue weighted by atomic mass is 32.2. The molecular weight excluding hydrogens is 382 g/mol. The van der Waals surface area contributed by atoms with Crippen molar-refractivity contribution in [3.8, 4) is 5.75 Å². The number of pyridine rings is 1. The number of H-pyrrole nitrogens is 1. The quantitative estimate of drug-likeness (QED) is 0.219. The van der Waals surface area contributed by atoms with Crippen molar-refractivity contribution < 1.29 is 19.5 Å². The molecule has 0 spiro atoms. The molecule has 144 valence electrons. The summed E-state index contributed by atoms with van der Waals surface area (Å²) in [5.41, 5.74) is 2.11. The maximum absolute atomic E-state index is 12.2. The van der Waals surface area contributed by atoms with Gasteiger partial charge in [-0.2, -0.15) is 0 Å². The van der Waals surface area contributed by atoms with Crippen LogP contribution in [0.3, 0.4) is 0 Å². The Bertz CT molecular complexity index is 1050. The lowest BCUT2D eigenvalue weighted by atomic mass is 10.2. The third-order valence-corrected chi connectivity index (χ3v) is 4.55. The number of hydrogen-bond donors (Lipinski definition) is 4. The molecule has 0 unspecified atom stereocenters. The van der Waals surface area contributed by atoms with Gasteiger partial charge in [0, 0.05) is 21.9 Å². The summed E-state index contributed by atoms with van der Waals surface area (Å²) in [6.07, 6.45) is 0. The number of carbonyl (C=O) groups excluding carboxylic acids is 2. The molecule has 0 fully saturated rings. The Hall–Kier alpha value is -3.30. The first-order valence-electron chi connectivity index (χ1n) is 8.32. The Kier molecular flexibility index (Phi) is 6.30. The van der Waals surface area contributed by atoms with Crippen molar-refractivity contribution >= 4 is 33.8 Å². The van der Waals surface area contributed by atoms with E-state index in [2.05, 4.69) is 10.3 Å². The average Bonchev–Trinajstić information content (AvgIpc) is 2.72. The second kappa shape index (κ2) is 9.07. The van der Waals surface area contributed by atoms with Crippen molar-refractivity contribution in [2.45, 2.75) is 4.90 Å². The number of hydroxylamine groups is 1. The van der Waals surface area contributed by atoms with Gasteiger partial charge in [0.05, 0.1) is 6.54 Å². The van der Waals surface area contributed by atoms with Crippen LogP contribution in [0.15, 0.2) is 64.3 Å². The number of benzene rings is 2. The van der Waals surface area contributed by atoms with Gasteiger partial charge < -0.3 is 15.0 Å². The molecule has 3 rings (SSSR count). The number of nitrogens with one attached hydrogen (secondary N) is 3. The van der Waals surface area contributed by atoms with Gasteiger partial charge in [0.25, 0.3) is 5.91 Å². The predicted octanol–water partition coefficient (Wildman–Crippen LogP) is 2.53. The van der Waals surface area contributed by atoms with Crippen LogP contribution < -0.4 is 21.0 Å². The lowest BCUT2D eigenvalue weighted by molar-refractivity contribution is 0.0942. The van der Waals surface area contributed by atoms with E-state index >= 15 is 0 Å². The fraction of sp³-hybridized carbons (Fsp3) is 0.105. The fourth-order valence-electron chi connectivity index (χ4n) is 2.48. The van der Waals surface area contributed by atoms with Gasteiger partial charge in [-0.1, -0.05) is 12.1 Å². The average molecular weight is 399 g/mol. The number of aromatic nitrogens is 1. The lowest BCUT2D eigenvalue weighted by Crippen LogP contribution is -2.29. The SMILES string of the molecule is O=C(NO)Sc1ccc(OCCNC(=O)c2cc(=O)c3ccccc3[nH]2)cc1. The molecule has 0 aliphatic heterocycles. The summed E-state index contributed by atoms with van der Waals surface area (Å²) in [4.78, 5) is 38.9. The molecule has 2 amide bonds. The van der Waals surface area contributed by atoms with E-state index in [9.17, 15) is 14.4 Å². The topological polar surface area (TPSA) is 121 Å². The largest absolute Gasteiger partial charge is 0.492 e. The van der Waals surface area contributed by atoms with E-state index in [0.717, 1.165) is 11.8 Å². The first kappa shape index (κ1) is 19.5. The molecule has 0 aliphatic rings. The zero-order chi connectivity index (χ0) is 19.9. The Balaban J connectivity index is 1.50. The zero-order valence-electron chi connectivity index (χ0n) is 14.6. The molecule has 28 heavy (non-hydrogen) atoms. The first-order valence-corrected chi connectivity index (χ1v) is 9.13. The van der Waals surface area contributed by atoms with Crippen LogP contribution >= 0.6 is 11.8 Å². The maximum atomic E-state index is 12.2. The molecule has 1 aromatic heterocycles. The summed E-state index contributed by atoms with van der Waals surface area (Å²) >= 11 is 0.842. The number of amides is 2.